The second kappa shape index (κ2) is 6.06. The zero-order chi connectivity index (χ0) is 12.4. The first-order valence-electron chi connectivity index (χ1n) is 7.02. The van der Waals surface area contributed by atoms with Gasteiger partial charge in [0.1, 0.15) is 0 Å². The molecule has 1 unspecified atom stereocenters. The summed E-state index contributed by atoms with van der Waals surface area (Å²) in [6, 6.07) is 3.02. The Morgan fingerprint density at radius 2 is 2.28 bits per heavy atom. The van der Waals surface area contributed by atoms with E-state index in [0.29, 0.717) is 6.04 Å². The first-order chi connectivity index (χ1) is 8.83. The van der Waals surface area contributed by atoms with Crippen molar-refractivity contribution in [3.05, 3.63) is 31.0 Å². The quantitative estimate of drug-likeness (QED) is 0.589. The highest BCUT2D eigenvalue weighted by Gasteiger charge is 2.22. The van der Waals surface area contributed by atoms with Gasteiger partial charge in [-0.05, 0) is 85.7 Å². The van der Waals surface area contributed by atoms with E-state index < -0.39 is 0 Å². The van der Waals surface area contributed by atoms with Crippen LogP contribution in [0.25, 0.3) is 0 Å². The second-order valence-corrected chi connectivity index (χ2v) is 8.36. The summed E-state index contributed by atoms with van der Waals surface area (Å²) in [5.41, 5.74) is 3.27. The van der Waals surface area contributed by atoms with Gasteiger partial charge in [-0.15, -0.1) is 11.3 Å². The minimum atomic E-state index is 0.621. The molecule has 0 fully saturated rings. The molecule has 0 saturated carbocycles. The Kier molecular flexibility index (Phi) is 4.42. The summed E-state index contributed by atoms with van der Waals surface area (Å²) in [6.45, 7) is 1.16. The molecular formula is C15H20INS. The van der Waals surface area contributed by atoms with Crippen molar-refractivity contribution >= 4 is 33.9 Å². The maximum Gasteiger partial charge on any atom is 0.0659 e. The lowest BCUT2D eigenvalue weighted by Gasteiger charge is -2.23. The van der Waals surface area contributed by atoms with Crippen molar-refractivity contribution in [1.29, 1.82) is 0 Å². The molecule has 0 aliphatic heterocycles. The first kappa shape index (κ1) is 13.1. The molecule has 0 spiro atoms. The number of hydrogen-bond acceptors (Lipinski definition) is 2. The van der Waals surface area contributed by atoms with Crippen LogP contribution in [-0.2, 0) is 6.42 Å². The molecule has 1 aromatic heterocycles. The Morgan fingerprint density at radius 1 is 1.33 bits per heavy atom. The van der Waals surface area contributed by atoms with Crippen molar-refractivity contribution in [2.45, 2.75) is 51.0 Å². The average molecular weight is 373 g/mol. The van der Waals surface area contributed by atoms with Gasteiger partial charge in [-0.1, -0.05) is 11.6 Å². The minimum Gasteiger partial charge on any atom is -0.310 e. The molecule has 2 aliphatic carbocycles. The molecule has 0 radical (unpaired) electrons. The van der Waals surface area contributed by atoms with Gasteiger partial charge in [-0.3, -0.25) is 0 Å². The van der Waals surface area contributed by atoms with Gasteiger partial charge in [0.2, 0.25) is 0 Å². The van der Waals surface area contributed by atoms with Gasteiger partial charge >= 0.3 is 0 Å². The van der Waals surface area contributed by atoms with Crippen molar-refractivity contribution < 1.29 is 0 Å². The van der Waals surface area contributed by atoms with Crippen molar-refractivity contribution in [3.63, 3.8) is 0 Å². The number of nitrogens with one attached hydrogen (secondary N) is 1. The van der Waals surface area contributed by atoms with Gasteiger partial charge in [-0.2, -0.15) is 0 Å². The summed E-state index contributed by atoms with van der Waals surface area (Å²) in [5.74, 6) is 0. The predicted molar refractivity (Wildman–Crippen MR) is 87.3 cm³/mol. The van der Waals surface area contributed by atoms with Crippen molar-refractivity contribution in [2.75, 3.05) is 6.54 Å². The number of halogens is 1. The smallest absolute Gasteiger partial charge is 0.0659 e. The Bertz CT molecular complexity index is 449. The van der Waals surface area contributed by atoms with Crippen LogP contribution < -0.4 is 5.32 Å². The molecular weight excluding hydrogens is 353 g/mol. The number of rotatable bonds is 4. The molecule has 0 bridgehead atoms. The summed E-state index contributed by atoms with van der Waals surface area (Å²) < 4.78 is 1.45. The molecule has 0 amide bonds. The monoisotopic (exact) mass is 373 g/mol. The van der Waals surface area contributed by atoms with Gasteiger partial charge in [0.15, 0.2) is 0 Å². The zero-order valence-corrected chi connectivity index (χ0v) is 13.6. The van der Waals surface area contributed by atoms with Crippen LogP contribution in [0.4, 0.5) is 0 Å². The van der Waals surface area contributed by atoms with Crippen LogP contribution >= 0.6 is 33.9 Å². The summed E-state index contributed by atoms with van der Waals surface area (Å²) >= 11 is 4.45. The van der Waals surface area contributed by atoms with E-state index in [1.54, 1.807) is 16.0 Å². The molecule has 1 heterocycles. The number of hydrogen-bond donors (Lipinski definition) is 1. The summed E-state index contributed by atoms with van der Waals surface area (Å²) in [6.07, 6.45) is 11.7. The van der Waals surface area contributed by atoms with E-state index in [-0.39, 0.29) is 0 Å². The topological polar surface area (TPSA) is 12.0 Å². The van der Waals surface area contributed by atoms with Gasteiger partial charge in [0.25, 0.3) is 0 Å². The van der Waals surface area contributed by atoms with Gasteiger partial charge in [0, 0.05) is 10.9 Å². The van der Waals surface area contributed by atoms with Crippen molar-refractivity contribution in [2.24, 2.45) is 0 Å². The highest BCUT2D eigenvalue weighted by atomic mass is 127. The molecule has 1 aromatic rings. The van der Waals surface area contributed by atoms with Crippen LogP contribution in [0, 0.1) is 2.88 Å². The minimum absolute atomic E-state index is 0.621. The molecule has 3 rings (SSSR count). The van der Waals surface area contributed by atoms with E-state index in [4.69, 9.17) is 0 Å². The number of fused-ring (bicyclic) bond motifs is 1. The zero-order valence-electron chi connectivity index (χ0n) is 10.7. The van der Waals surface area contributed by atoms with Crippen LogP contribution in [0.3, 0.4) is 0 Å². The normalized spacial score (nSPS) is 22.9. The standard InChI is InChI=1S/C15H20INS/c16-15-10-12-13(6-3-7-14(12)18-15)17-9-8-11-4-1-2-5-11/h4,10,13,17H,1-3,5-9H2. The summed E-state index contributed by atoms with van der Waals surface area (Å²) in [7, 11) is 0. The largest absolute Gasteiger partial charge is 0.310 e. The maximum absolute atomic E-state index is 3.78. The van der Waals surface area contributed by atoms with E-state index in [9.17, 15) is 0 Å². The summed E-state index contributed by atoms with van der Waals surface area (Å²) in [5, 5.41) is 3.78. The van der Waals surface area contributed by atoms with Crippen molar-refractivity contribution in [1.82, 2.24) is 5.32 Å². The lowest BCUT2D eigenvalue weighted by Crippen LogP contribution is -2.25. The van der Waals surface area contributed by atoms with Crippen LogP contribution in [0.15, 0.2) is 17.7 Å². The van der Waals surface area contributed by atoms with Crippen LogP contribution in [0.2, 0.25) is 0 Å². The van der Waals surface area contributed by atoms with Crippen LogP contribution in [0.5, 0.6) is 0 Å². The Balaban J connectivity index is 1.57. The van der Waals surface area contributed by atoms with Gasteiger partial charge in [-0.25, -0.2) is 0 Å². The van der Waals surface area contributed by atoms with Crippen LogP contribution in [-0.4, -0.2) is 6.54 Å². The fraction of sp³-hybridized carbons (Fsp3) is 0.600. The average Bonchev–Trinajstić information content (AvgIpc) is 2.97. The SMILES string of the molecule is Ic1cc2c(s1)CCCC2NCCC1=CCCC1. The third-order valence-electron chi connectivity index (χ3n) is 4.06. The highest BCUT2D eigenvalue weighted by molar-refractivity contribution is 14.1. The molecule has 0 saturated heterocycles. The van der Waals surface area contributed by atoms with Gasteiger partial charge in [0.05, 0.1) is 2.88 Å². The number of thiophene rings is 1. The van der Waals surface area contributed by atoms with Crippen LogP contribution in [0.1, 0.15) is 55.0 Å². The van der Waals surface area contributed by atoms with Crippen molar-refractivity contribution in [3.8, 4) is 0 Å². The summed E-state index contributed by atoms with van der Waals surface area (Å²) in [4.78, 5) is 1.63. The third kappa shape index (κ3) is 2.99. The second-order valence-electron chi connectivity index (χ2n) is 5.33. The molecule has 1 nitrogen and oxygen atoms in total. The third-order valence-corrected chi connectivity index (χ3v) is 6.03. The number of aryl methyl sites for hydroxylation is 1. The lowest BCUT2D eigenvalue weighted by atomic mass is 9.94. The van der Waals surface area contributed by atoms with E-state index in [0.717, 1.165) is 6.54 Å². The number of allylic oxidation sites excluding steroid dienone is 1. The maximum atomic E-state index is 3.78. The molecule has 98 valence electrons. The van der Waals surface area contributed by atoms with E-state index in [1.807, 2.05) is 11.3 Å². The van der Waals surface area contributed by atoms with E-state index >= 15 is 0 Å². The van der Waals surface area contributed by atoms with E-state index in [2.05, 4.69) is 40.1 Å². The molecule has 1 N–H and O–H groups in total. The fourth-order valence-corrected chi connectivity index (χ4v) is 5.22. The molecule has 0 aromatic carbocycles. The first-order valence-corrected chi connectivity index (χ1v) is 8.92. The van der Waals surface area contributed by atoms with E-state index in [1.165, 1.54) is 47.8 Å². The van der Waals surface area contributed by atoms with Gasteiger partial charge < -0.3 is 5.32 Å². The fourth-order valence-electron chi connectivity index (χ4n) is 3.10. The molecule has 2 aliphatic rings. The predicted octanol–water partition coefficient (Wildman–Crippen LogP) is 4.82. The Hall–Kier alpha value is 0.130. The molecule has 3 heteroatoms. The highest BCUT2D eigenvalue weighted by Crippen LogP contribution is 2.36. The Morgan fingerprint density at radius 3 is 3.11 bits per heavy atom. The lowest BCUT2D eigenvalue weighted by molar-refractivity contribution is 0.466. The molecule has 18 heavy (non-hydrogen) atoms. The molecule has 1 atom stereocenters. The Labute approximate surface area is 127 Å².